The van der Waals surface area contributed by atoms with E-state index in [0.717, 1.165) is 24.8 Å². The van der Waals surface area contributed by atoms with Crippen molar-refractivity contribution in [1.29, 1.82) is 0 Å². The highest BCUT2D eigenvalue weighted by Gasteiger charge is 2.64. The van der Waals surface area contributed by atoms with Gasteiger partial charge in [-0.05, 0) is 61.9 Å². The molecule has 0 radical (unpaired) electrons. The Kier molecular flexibility index (Phi) is 5.83. The van der Waals surface area contributed by atoms with Gasteiger partial charge in [-0.3, -0.25) is 14.4 Å². The van der Waals surface area contributed by atoms with Gasteiger partial charge < -0.3 is 20.1 Å². The van der Waals surface area contributed by atoms with Gasteiger partial charge in [0, 0.05) is 4.75 Å². The first-order valence-corrected chi connectivity index (χ1v) is 12.5. The standard InChI is InChI=1S/C26H26N2O6S/c1-26(2)20(24(31)32)28-22(30)19(23(28)35-26)27-21(29)18(15-7-4-3-5-8-15)25(33)34-17-12-11-14-9-6-10-16(14)13-17/h3-5,7-8,11-13,18-20,23H,6,9-10H2,1-2H3,(H,27,29)(H,31,32)/t18?,19?,20-,23+/m0/s1. The van der Waals surface area contributed by atoms with Crippen LogP contribution < -0.4 is 10.1 Å². The Morgan fingerprint density at radius 2 is 1.83 bits per heavy atom. The number of hydrogen-bond donors (Lipinski definition) is 2. The number of aliphatic carboxylic acids is 1. The zero-order chi connectivity index (χ0) is 24.9. The number of ether oxygens (including phenoxy) is 1. The van der Waals surface area contributed by atoms with Gasteiger partial charge in [0.25, 0.3) is 0 Å². The zero-order valence-corrected chi connectivity index (χ0v) is 20.2. The van der Waals surface area contributed by atoms with Crippen LogP contribution in [-0.2, 0) is 32.0 Å². The van der Waals surface area contributed by atoms with E-state index >= 15 is 0 Å². The van der Waals surface area contributed by atoms with E-state index in [9.17, 15) is 24.3 Å². The van der Waals surface area contributed by atoms with Crippen molar-refractivity contribution < 1.29 is 29.0 Å². The van der Waals surface area contributed by atoms with Crippen LogP contribution in [0.4, 0.5) is 0 Å². The third kappa shape index (κ3) is 4.07. The van der Waals surface area contributed by atoms with Crippen molar-refractivity contribution in [3.8, 4) is 5.75 Å². The molecule has 2 amide bonds. The Labute approximate surface area is 207 Å². The monoisotopic (exact) mass is 494 g/mol. The van der Waals surface area contributed by atoms with Gasteiger partial charge in [-0.25, -0.2) is 4.79 Å². The van der Waals surface area contributed by atoms with Crippen molar-refractivity contribution in [2.24, 2.45) is 0 Å². The molecule has 4 atom stereocenters. The third-order valence-corrected chi connectivity index (χ3v) is 8.46. The summed E-state index contributed by atoms with van der Waals surface area (Å²) in [5, 5.41) is 11.8. The van der Waals surface area contributed by atoms with Crippen LogP contribution in [0.2, 0.25) is 0 Å². The van der Waals surface area contributed by atoms with Gasteiger partial charge in [0.2, 0.25) is 11.8 Å². The molecule has 2 saturated heterocycles. The Morgan fingerprint density at radius 3 is 2.54 bits per heavy atom. The topological polar surface area (TPSA) is 113 Å². The van der Waals surface area contributed by atoms with Crippen molar-refractivity contribution in [2.75, 3.05) is 0 Å². The first-order valence-electron chi connectivity index (χ1n) is 11.6. The SMILES string of the molecule is CC1(C)S[C@@H]2C(NC(=O)C(C(=O)Oc3ccc4c(c3)CCC4)c3ccccc3)C(=O)N2[C@H]1C(=O)O. The van der Waals surface area contributed by atoms with E-state index in [-0.39, 0.29) is 0 Å². The number of carbonyl (C=O) groups excluding carboxylic acids is 3. The first kappa shape index (κ1) is 23.4. The molecule has 3 aliphatic rings. The molecular formula is C26H26N2O6S. The van der Waals surface area contributed by atoms with E-state index in [1.54, 1.807) is 50.2 Å². The van der Waals surface area contributed by atoms with E-state index in [4.69, 9.17) is 4.74 Å². The molecule has 35 heavy (non-hydrogen) atoms. The van der Waals surface area contributed by atoms with Gasteiger partial charge >= 0.3 is 11.9 Å². The molecule has 182 valence electrons. The predicted molar refractivity (Wildman–Crippen MR) is 129 cm³/mol. The number of carboxylic acid groups (broad SMARTS) is 1. The second kappa shape index (κ2) is 8.71. The molecule has 2 aromatic carbocycles. The molecule has 8 nitrogen and oxygen atoms in total. The molecule has 2 aromatic rings. The summed E-state index contributed by atoms with van der Waals surface area (Å²) in [4.78, 5) is 52.5. The highest BCUT2D eigenvalue weighted by Crippen LogP contribution is 2.50. The summed E-state index contributed by atoms with van der Waals surface area (Å²) in [6.07, 6.45) is 2.99. The Hall–Kier alpha value is -3.33. The Morgan fingerprint density at radius 1 is 1.11 bits per heavy atom. The van der Waals surface area contributed by atoms with Crippen molar-refractivity contribution in [2.45, 2.75) is 61.2 Å². The smallest absolute Gasteiger partial charge is 0.328 e. The molecule has 2 heterocycles. The fourth-order valence-electron chi connectivity index (χ4n) is 5.21. The first-order chi connectivity index (χ1) is 16.7. The molecule has 2 aliphatic heterocycles. The number of rotatable bonds is 6. The van der Waals surface area contributed by atoms with Gasteiger partial charge in [0.05, 0.1) is 0 Å². The molecular weight excluding hydrogens is 468 g/mol. The summed E-state index contributed by atoms with van der Waals surface area (Å²) in [5.74, 6) is -3.83. The van der Waals surface area contributed by atoms with E-state index < -0.39 is 51.9 Å². The lowest BCUT2D eigenvalue weighted by atomic mass is 9.94. The number of hydrogen-bond acceptors (Lipinski definition) is 6. The molecule has 1 aliphatic carbocycles. The van der Waals surface area contributed by atoms with E-state index in [0.29, 0.717) is 11.3 Å². The lowest BCUT2D eigenvalue weighted by Crippen LogP contribution is -2.71. The van der Waals surface area contributed by atoms with Crippen molar-refractivity contribution in [1.82, 2.24) is 10.2 Å². The number of benzene rings is 2. The van der Waals surface area contributed by atoms with Crippen molar-refractivity contribution in [3.05, 3.63) is 65.2 Å². The molecule has 2 fully saturated rings. The van der Waals surface area contributed by atoms with Gasteiger partial charge in [0.1, 0.15) is 23.2 Å². The van der Waals surface area contributed by atoms with Crippen LogP contribution in [0.25, 0.3) is 0 Å². The fraction of sp³-hybridized carbons (Fsp3) is 0.385. The highest BCUT2D eigenvalue weighted by atomic mass is 32.2. The summed E-state index contributed by atoms with van der Waals surface area (Å²) in [5.41, 5.74) is 2.83. The van der Waals surface area contributed by atoms with Crippen LogP contribution in [0.15, 0.2) is 48.5 Å². The van der Waals surface area contributed by atoms with Crippen LogP contribution in [-0.4, -0.2) is 56.0 Å². The average Bonchev–Trinajstić information content (AvgIpc) is 3.38. The van der Waals surface area contributed by atoms with Crippen LogP contribution >= 0.6 is 11.8 Å². The molecule has 9 heteroatoms. The molecule has 0 spiro atoms. The van der Waals surface area contributed by atoms with Gasteiger partial charge in [0.15, 0.2) is 5.92 Å². The summed E-state index contributed by atoms with van der Waals surface area (Å²) in [7, 11) is 0. The molecule has 0 aromatic heterocycles. The average molecular weight is 495 g/mol. The Bertz CT molecular complexity index is 1210. The maximum Gasteiger partial charge on any atom is 0.328 e. The van der Waals surface area contributed by atoms with Gasteiger partial charge in [-0.1, -0.05) is 36.4 Å². The number of aryl methyl sites for hydroxylation is 2. The molecule has 2 N–H and O–H groups in total. The van der Waals surface area contributed by atoms with Crippen LogP contribution in [0.5, 0.6) is 5.75 Å². The van der Waals surface area contributed by atoms with Crippen molar-refractivity contribution >= 4 is 35.5 Å². The minimum atomic E-state index is -1.28. The molecule has 2 unspecified atom stereocenters. The maximum absolute atomic E-state index is 13.4. The number of carboxylic acids is 1. The van der Waals surface area contributed by atoms with Crippen molar-refractivity contribution in [3.63, 3.8) is 0 Å². The quantitative estimate of drug-likeness (QED) is 0.275. The predicted octanol–water partition coefficient (Wildman–Crippen LogP) is 2.50. The minimum Gasteiger partial charge on any atom is -0.480 e. The van der Waals surface area contributed by atoms with E-state index in [2.05, 4.69) is 5.32 Å². The van der Waals surface area contributed by atoms with Crippen LogP contribution in [0, 0.1) is 0 Å². The molecule has 0 bridgehead atoms. The lowest BCUT2D eigenvalue weighted by molar-refractivity contribution is -0.161. The second-order valence-electron chi connectivity index (χ2n) is 9.63. The van der Waals surface area contributed by atoms with E-state index in [1.807, 2.05) is 12.1 Å². The number of thioether (sulfide) groups is 1. The zero-order valence-electron chi connectivity index (χ0n) is 19.4. The normalized spacial score (nSPS) is 24.7. The van der Waals surface area contributed by atoms with Crippen LogP contribution in [0.1, 0.15) is 42.9 Å². The summed E-state index contributed by atoms with van der Waals surface area (Å²) < 4.78 is 4.92. The number of carbonyl (C=O) groups is 4. The lowest BCUT2D eigenvalue weighted by Gasteiger charge is -2.43. The van der Waals surface area contributed by atoms with Gasteiger partial charge in [-0.2, -0.15) is 0 Å². The number of nitrogens with one attached hydrogen (secondary N) is 1. The largest absolute Gasteiger partial charge is 0.480 e. The summed E-state index contributed by atoms with van der Waals surface area (Å²) in [6, 6.07) is 12.2. The summed E-state index contributed by atoms with van der Waals surface area (Å²) in [6.45, 7) is 3.53. The molecule has 0 saturated carbocycles. The minimum absolute atomic E-state index is 0.382. The highest BCUT2D eigenvalue weighted by molar-refractivity contribution is 8.01. The number of amides is 2. The van der Waals surface area contributed by atoms with E-state index in [1.165, 1.54) is 22.2 Å². The summed E-state index contributed by atoms with van der Waals surface area (Å²) >= 11 is 1.33. The fourth-order valence-corrected chi connectivity index (χ4v) is 6.83. The Balaban J connectivity index is 1.35. The molecule has 5 rings (SSSR count). The second-order valence-corrected chi connectivity index (χ2v) is 11.4. The number of β-lactam (4-membered cyclic amide) rings is 1. The number of esters is 1. The third-order valence-electron chi connectivity index (χ3n) is 6.89. The van der Waals surface area contributed by atoms with Gasteiger partial charge in [-0.15, -0.1) is 11.8 Å². The number of nitrogens with zero attached hydrogens (tertiary/aromatic N) is 1. The van der Waals surface area contributed by atoms with Crippen LogP contribution in [0.3, 0.4) is 0 Å². The maximum atomic E-state index is 13.4. The number of fused-ring (bicyclic) bond motifs is 2.